The molecule has 0 saturated carbocycles. The van der Waals surface area contributed by atoms with Crippen LogP contribution in [0.3, 0.4) is 0 Å². The van der Waals surface area contributed by atoms with Crippen LogP contribution in [-0.2, 0) is 0 Å². The third kappa shape index (κ3) is 4.56. The highest BCUT2D eigenvalue weighted by Gasteiger charge is 2.16. The van der Waals surface area contributed by atoms with Crippen LogP contribution in [0.5, 0.6) is 0 Å². The first kappa shape index (κ1) is 17.5. The highest BCUT2D eigenvalue weighted by Crippen LogP contribution is 2.22. The fraction of sp³-hybridized carbons (Fsp3) is 0.353. The molecule has 2 heterocycles. The minimum Gasteiger partial charge on any atom is -0.451 e. The van der Waals surface area contributed by atoms with Crippen molar-refractivity contribution >= 4 is 18.3 Å². The largest absolute Gasteiger partial charge is 0.451 e. The summed E-state index contributed by atoms with van der Waals surface area (Å²) in [7, 11) is 0. The third-order valence-corrected chi connectivity index (χ3v) is 3.96. The molecule has 1 saturated heterocycles. The normalized spacial score (nSPS) is 16.8. The number of hydrogen-bond donors (Lipinski definition) is 2. The van der Waals surface area contributed by atoms with Crippen LogP contribution in [0.2, 0.25) is 0 Å². The molecule has 124 valence electrons. The first-order valence-corrected chi connectivity index (χ1v) is 7.57. The predicted octanol–water partition coefficient (Wildman–Crippen LogP) is 3.24. The van der Waals surface area contributed by atoms with Gasteiger partial charge in [0, 0.05) is 12.1 Å². The predicted molar refractivity (Wildman–Crippen MR) is 89.3 cm³/mol. The van der Waals surface area contributed by atoms with Crippen LogP contribution in [-0.4, -0.2) is 25.5 Å². The average Bonchev–Trinajstić information content (AvgIpc) is 3.19. The summed E-state index contributed by atoms with van der Waals surface area (Å²) in [6, 6.07) is 9.36. The van der Waals surface area contributed by atoms with Crippen LogP contribution in [0.1, 0.15) is 23.4 Å². The van der Waals surface area contributed by atoms with Gasteiger partial charge in [0.25, 0.3) is 5.91 Å². The molecule has 6 heteroatoms. The van der Waals surface area contributed by atoms with Gasteiger partial charge < -0.3 is 15.1 Å². The fourth-order valence-electron chi connectivity index (χ4n) is 2.67. The van der Waals surface area contributed by atoms with Crippen LogP contribution in [0, 0.1) is 11.7 Å². The summed E-state index contributed by atoms with van der Waals surface area (Å²) in [5.41, 5.74) is 0.748. The fourth-order valence-corrected chi connectivity index (χ4v) is 2.67. The number of nitrogens with one attached hydrogen (secondary N) is 2. The molecular weight excluding hydrogens is 319 g/mol. The van der Waals surface area contributed by atoms with Crippen molar-refractivity contribution < 1.29 is 13.6 Å². The zero-order valence-corrected chi connectivity index (χ0v) is 13.5. The molecule has 3 rings (SSSR count). The van der Waals surface area contributed by atoms with Crippen molar-refractivity contribution in [1.82, 2.24) is 10.6 Å². The van der Waals surface area contributed by atoms with Crippen molar-refractivity contribution in [2.24, 2.45) is 5.92 Å². The maximum absolute atomic E-state index is 12.9. The van der Waals surface area contributed by atoms with Gasteiger partial charge in [-0.1, -0.05) is 0 Å². The van der Waals surface area contributed by atoms with E-state index < -0.39 is 0 Å². The van der Waals surface area contributed by atoms with E-state index in [9.17, 15) is 9.18 Å². The standard InChI is InChI=1S/C17H19FN2O2.ClH/c18-14-3-1-13(2-4-14)15-5-6-16(22-15)17(21)20-10-8-12-7-9-19-11-12;/h1-6,12,19H,7-11H2,(H,20,21);1H. The van der Waals surface area contributed by atoms with Crippen molar-refractivity contribution in [3.05, 3.63) is 48.0 Å². The lowest BCUT2D eigenvalue weighted by atomic mass is 10.1. The molecule has 23 heavy (non-hydrogen) atoms. The second kappa shape index (κ2) is 8.13. The summed E-state index contributed by atoms with van der Waals surface area (Å²) < 4.78 is 18.5. The summed E-state index contributed by atoms with van der Waals surface area (Å²) in [6.07, 6.45) is 2.15. The SMILES string of the molecule is Cl.O=C(NCCC1CCNC1)c1ccc(-c2ccc(F)cc2)o1. The molecule has 1 amide bonds. The number of benzene rings is 1. The Bertz CT molecular complexity index is 636. The number of hydrogen-bond acceptors (Lipinski definition) is 3. The molecule has 1 fully saturated rings. The summed E-state index contributed by atoms with van der Waals surface area (Å²) in [5.74, 6) is 0.981. The van der Waals surface area contributed by atoms with Crippen molar-refractivity contribution in [2.75, 3.05) is 19.6 Å². The Hall–Kier alpha value is -1.85. The monoisotopic (exact) mass is 338 g/mol. The van der Waals surface area contributed by atoms with E-state index in [1.54, 1.807) is 24.3 Å². The van der Waals surface area contributed by atoms with Crippen molar-refractivity contribution in [3.63, 3.8) is 0 Å². The van der Waals surface area contributed by atoms with Gasteiger partial charge in [-0.2, -0.15) is 0 Å². The van der Waals surface area contributed by atoms with Crippen molar-refractivity contribution in [3.8, 4) is 11.3 Å². The zero-order chi connectivity index (χ0) is 15.4. The lowest BCUT2D eigenvalue weighted by Gasteiger charge is -2.08. The van der Waals surface area contributed by atoms with Gasteiger partial charge in [0.2, 0.25) is 0 Å². The minimum atomic E-state index is -0.297. The topological polar surface area (TPSA) is 54.3 Å². The summed E-state index contributed by atoms with van der Waals surface area (Å²) in [5, 5.41) is 6.19. The number of amides is 1. The van der Waals surface area contributed by atoms with Gasteiger partial charge >= 0.3 is 0 Å². The molecule has 0 spiro atoms. The molecule has 2 N–H and O–H groups in total. The molecular formula is C17H20ClFN2O2. The van der Waals surface area contributed by atoms with E-state index in [1.807, 2.05) is 0 Å². The van der Waals surface area contributed by atoms with E-state index in [1.165, 1.54) is 18.6 Å². The Kier molecular flexibility index (Phi) is 6.19. The number of carbonyl (C=O) groups excluding carboxylic acids is 1. The minimum absolute atomic E-state index is 0. The van der Waals surface area contributed by atoms with E-state index in [0.717, 1.165) is 25.1 Å². The maximum atomic E-state index is 12.9. The van der Waals surface area contributed by atoms with E-state index >= 15 is 0 Å². The third-order valence-electron chi connectivity index (χ3n) is 3.96. The van der Waals surface area contributed by atoms with Gasteiger partial charge in [-0.05, 0) is 68.2 Å². The smallest absolute Gasteiger partial charge is 0.287 e. The number of carbonyl (C=O) groups is 1. The quantitative estimate of drug-likeness (QED) is 0.880. The molecule has 1 aliphatic heterocycles. The Balaban J connectivity index is 0.00000192. The lowest BCUT2D eigenvalue weighted by molar-refractivity contribution is 0.0925. The van der Waals surface area contributed by atoms with Gasteiger partial charge in [0.05, 0.1) is 0 Å². The Morgan fingerprint density at radius 3 is 2.74 bits per heavy atom. The first-order valence-electron chi connectivity index (χ1n) is 7.57. The summed E-state index contributed by atoms with van der Waals surface area (Å²) >= 11 is 0. The van der Waals surface area contributed by atoms with Gasteiger partial charge in [-0.15, -0.1) is 12.4 Å². The summed E-state index contributed by atoms with van der Waals surface area (Å²) in [6.45, 7) is 2.75. The van der Waals surface area contributed by atoms with E-state index in [4.69, 9.17) is 4.42 Å². The second-order valence-electron chi connectivity index (χ2n) is 5.57. The highest BCUT2D eigenvalue weighted by molar-refractivity contribution is 5.92. The van der Waals surface area contributed by atoms with Gasteiger partial charge in [0.1, 0.15) is 11.6 Å². The van der Waals surface area contributed by atoms with Crippen LogP contribution in [0.4, 0.5) is 4.39 Å². The second-order valence-corrected chi connectivity index (χ2v) is 5.57. The molecule has 1 unspecified atom stereocenters. The maximum Gasteiger partial charge on any atom is 0.287 e. The van der Waals surface area contributed by atoms with Crippen LogP contribution < -0.4 is 10.6 Å². The van der Waals surface area contributed by atoms with Crippen LogP contribution in [0.25, 0.3) is 11.3 Å². The molecule has 0 bridgehead atoms. The van der Waals surface area contributed by atoms with E-state index in [2.05, 4.69) is 10.6 Å². The molecule has 1 atom stereocenters. The van der Waals surface area contributed by atoms with E-state index in [-0.39, 0.29) is 29.9 Å². The Morgan fingerprint density at radius 1 is 1.26 bits per heavy atom. The Morgan fingerprint density at radius 2 is 2.04 bits per heavy atom. The zero-order valence-electron chi connectivity index (χ0n) is 12.7. The van der Waals surface area contributed by atoms with Crippen LogP contribution >= 0.6 is 12.4 Å². The van der Waals surface area contributed by atoms with Crippen molar-refractivity contribution in [2.45, 2.75) is 12.8 Å². The van der Waals surface area contributed by atoms with E-state index in [0.29, 0.717) is 18.2 Å². The van der Waals surface area contributed by atoms with Crippen molar-refractivity contribution in [1.29, 1.82) is 0 Å². The van der Waals surface area contributed by atoms with Gasteiger partial charge in [-0.25, -0.2) is 4.39 Å². The molecule has 1 aliphatic rings. The molecule has 2 aromatic rings. The van der Waals surface area contributed by atoms with Crippen LogP contribution in [0.15, 0.2) is 40.8 Å². The van der Waals surface area contributed by atoms with Gasteiger partial charge in [0.15, 0.2) is 5.76 Å². The van der Waals surface area contributed by atoms with Gasteiger partial charge in [-0.3, -0.25) is 4.79 Å². The lowest BCUT2D eigenvalue weighted by Crippen LogP contribution is -2.26. The molecule has 1 aromatic heterocycles. The number of furan rings is 1. The highest BCUT2D eigenvalue weighted by atomic mass is 35.5. The summed E-state index contributed by atoms with van der Waals surface area (Å²) in [4.78, 5) is 12.0. The molecule has 4 nitrogen and oxygen atoms in total. The number of halogens is 2. The molecule has 0 radical (unpaired) electrons. The number of rotatable bonds is 5. The average molecular weight is 339 g/mol. The molecule has 1 aromatic carbocycles. The Labute approximate surface area is 140 Å². The first-order chi connectivity index (χ1) is 10.7. The molecule has 0 aliphatic carbocycles.